The lowest BCUT2D eigenvalue weighted by molar-refractivity contribution is 0.0593. The molecule has 19 heavy (non-hydrogen) atoms. The van der Waals surface area contributed by atoms with Crippen LogP contribution in [0.4, 0.5) is 0 Å². The molecule has 112 valence electrons. The number of ether oxygens (including phenoxy) is 1. The average molecular weight is 268 g/mol. The molecule has 0 bridgehead atoms. The fourth-order valence-electron chi connectivity index (χ4n) is 3.50. The van der Waals surface area contributed by atoms with Gasteiger partial charge < -0.3 is 15.0 Å². The lowest BCUT2D eigenvalue weighted by Gasteiger charge is -2.36. The third-order valence-corrected chi connectivity index (χ3v) is 4.89. The first kappa shape index (κ1) is 15.3. The van der Waals surface area contributed by atoms with Gasteiger partial charge in [0.15, 0.2) is 0 Å². The van der Waals surface area contributed by atoms with Gasteiger partial charge in [-0.3, -0.25) is 0 Å². The summed E-state index contributed by atoms with van der Waals surface area (Å²) in [6.45, 7) is 6.18. The van der Waals surface area contributed by atoms with E-state index in [2.05, 4.69) is 17.1 Å². The van der Waals surface area contributed by atoms with E-state index in [0.29, 0.717) is 6.10 Å². The lowest BCUT2D eigenvalue weighted by Crippen LogP contribution is -2.47. The van der Waals surface area contributed by atoms with Crippen molar-refractivity contribution in [3.63, 3.8) is 0 Å². The molecule has 1 saturated heterocycles. The van der Waals surface area contributed by atoms with Gasteiger partial charge in [-0.05, 0) is 64.6 Å². The van der Waals surface area contributed by atoms with E-state index in [1.807, 2.05) is 7.11 Å². The smallest absolute Gasteiger partial charge is 0.0572 e. The summed E-state index contributed by atoms with van der Waals surface area (Å²) in [5.41, 5.74) is 0. The van der Waals surface area contributed by atoms with E-state index in [4.69, 9.17) is 4.74 Å². The fraction of sp³-hybridized carbons (Fsp3) is 1.00. The Bertz CT molecular complexity index is 231. The molecule has 1 heterocycles. The maximum Gasteiger partial charge on any atom is 0.0572 e. The van der Waals surface area contributed by atoms with Gasteiger partial charge in [-0.15, -0.1) is 0 Å². The van der Waals surface area contributed by atoms with Crippen LogP contribution in [0.25, 0.3) is 0 Å². The molecule has 0 amide bonds. The maximum absolute atomic E-state index is 5.45. The Morgan fingerprint density at radius 3 is 2.21 bits per heavy atom. The van der Waals surface area contributed by atoms with Crippen molar-refractivity contribution in [3.8, 4) is 0 Å². The molecule has 0 unspecified atom stereocenters. The summed E-state index contributed by atoms with van der Waals surface area (Å²) in [4.78, 5) is 2.64. The molecule has 3 heteroatoms. The molecule has 0 aromatic carbocycles. The molecule has 1 aliphatic heterocycles. The van der Waals surface area contributed by atoms with Gasteiger partial charge in [-0.25, -0.2) is 0 Å². The molecule has 1 N–H and O–H groups in total. The van der Waals surface area contributed by atoms with Crippen LogP contribution in [0.3, 0.4) is 0 Å². The second kappa shape index (κ2) is 8.23. The molecule has 1 aliphatic carbocycles. The molecular formula is C16H32N2O. The van der Waals surface area contributed by atoms with Crippen LogP contribution >= 0.6 is 0 Å². The van der Waals surface area contributed by atoms with Gasteiger partial charge in [-0.1, -0.05) is 13.3 Å². The summed E-state index contributed by atoms with van der Waals surface area (Å²) >= 11 is 0. The SMILES string of the molecule is CCCCN1CCC(NC2CCC(OC)CC2)CC1. The van der Waals surface area contributed by atoms with Gasteiger partial charge in [0.25, 0.3) is 0 Å². The minimum atomic E-state index is 0.522. The Morgan fingerprint density at radius 1 is 1.00 bits per heavy atom. The van der Waals surface area contributed by atoms with Crippen molar-refractivity contribution in [1.29, 1.82) is 0 Å². The highest BCUT2D eigenvalue weighted by Gasteiger charge is 2.25. The van der Waals surface area contributed by atoms with E-state index in [1.54, 1.807) is 0 Å². The van der Waals surface area contributed by atoms with E-state index in [1.165, 1.54) is 71.0 Å². The molecule has 0 spiro atoms. The number of piperidine rings is 1. The first-order chi connectivity index (χ1) is 9.31. The van der Waals surface area contributed by atoms with Gasteiger partial charge in [0.1, 0.15) is 0 Å². The Labute approximate surface area is 119 Å². The summed E-state index contributed by atoms with van der Waals surface area (Å²) in [5, 5.41) is 3.90. The lowest BCUT2D eigenvalue weighted by atomic mass is 9.91. The molecule has 2 fully saturated rings. The number of unbranched alkanes of at least 4 members (excludes halogenated alkanes) is 1. The number of likely N-dealkylation sites (tertiary alicyclic amines) is 1. The summed E-state index contributed by atoms with van der Waals surface area (Å²) in [5.74, 6) is 0. The van der Waals surface area contributed by atoms with E-state index in [0.717, 1.165) is 12.1 Å². The quantitative estimate of drug-likeness (QED) is 0.801. The van der Waals surface area contributed by atoms with Crippen molar-refractivity contribution in [2.75, 3.05) is 26.7 Å². The number of nitrogens with zero attached hydrogens (tertiary/aromatic N) is 1. The first-order valence-electron chi connectivity index (χ1n) is 8.33. The standard InChI is InChI=1S/C16H32N2O/c1-3-4-11-18-12-9-15(10-13-18)17-14-5-7-16(19-2)8-6-14/h14-17H,3-13H2,1-2H3. The van der Waals surface area contributed by atoms with Crippen LogP contribution in [-0.2, 0) is 4.74 Å². The number of nitrogens with one attached hydrogen (secondary N) is 1. The van der Waals surface area contributed by atoms with Crippen molar-refractivity contribution < 1.29 is 4.74 Å². The summed E-state index contributed by atoms with van der Waals surface area (Å²) in [6.07, 6.45) is 11.0. The van der Waals surface area contributed by atoms with Crippen LogP contribution in [0.2, 0.25) is 0 Å². The van der Waals surface area contributed by atoms with Gasteiger partial charge in [0.2, 0.25) is 0 Å². The zero-order valence-electron chi connectivity index (χ0n) is 12.9. The van der Waals surface area contributed by atoms with Crippen molar-refractivity contribution >= 4 is 0 Å². The molecule has 2 aliphatic rings. The monoisotopic (exact) mass is 268 g/mol. The molecule has 0 aromatic rings. The Balaban J connectivity index is 1.60. The normalized spacial score (nSPS) is 30.6. The van der Waals surface area contributed by atoms with Gasteiger partial charge in [0, 0.05) is 19.2 Å². The Morgan fingerprint density at radius 2 is 1.63 bits per heavy atom. The largest absolute Gasteiger partial charge is 0.381 e. The predicted octanol–water partition coefficient (Wildman–Crippen LogP) is 2.80. The topological polar surface area (TPSA) is 24.5 Å². The van der Waals surface area contributed by atoms with Crippen molar-refractivity contribution in [3.05, 3.63) is 0 Å². The van der Waals surface area contributed by atoms with E-state index >= 15 is 0 Å². The number of methoxy groups -OCH3 is 1. The van der Waals surface area contributed by atoms with Crippen LogP contribution in [-0.4, -0.2) is 49.8 Å². The summed E-state index contributed by atoms with van der Waals surface area (Å²) in [6, 6.07) is 1.51. The maximum atomic E-state index is 5.45. The summed E-state index contributed by atoms with van der Waals surface area (Å²) < 4.78 is 5.45. The molecule has 0 atom stereocenters. The second-order valence-electron chi connectivity index (χ2n) is 6.35. The number of hydrogen-bond donors (Lipinski definition) is 1. The minimum absolute atomic E-state index is 0.522. The van der Waals surface area contributed by atoms with Crippen LogP contribution < -0.4 is 5.32 Å². The van der Waals surface area contributed by atoms with E-state index in [9.17, 15) is 0 Å². The van der Waals surface area contributed by atoms with E-state index in [-0.39, 0.29) is 0 Å². The average Bonchev–Trinajstić information content (AvgIpc) is 2.47. The summed E-state index contributed by atoms with van der Waals surface area (Å²) in [7, 11) is 1.85. The fourth-order valence-corrected chi connectivity index (χ4v) is 3.50. The van der Waals surface area contributed by atoms with Gasteiger partial charge in [0.05, 0.1) is 6.10 Å². The van der Waals surface area contributed by atoms with Crippen molar-refractivity contribution in [2.45, 2.75) is 76.5 Å². The second-order valence-corrected chi connectivity index (χ2v) is 6.35. The van der Waals surface area contributed by atoms with Crippen LogP contribution in [0, 0.1) is 0 Å². The molecule has 3 nitrogen and oxygen atoms in total. The molecule has 0 radical (unpaired) electrons. The van der Waals surface area contributed by atoms with Gasteiger partial charge >= 0.3 is 0 Å². The predicted molar refractivity (Wildman–Crippen MR) is 80.6 cm³/mol. The highest BCUT2D eigenvalue weighted by molar-refractivity contribution is 4.84. The highest BCUT2D eigenvalue weighted by Crippen LogP contribution is 2.22. The number of hydrogen-bond acceptors (Lipinski definition) is 3. The highest BCUT2D eigenvalue weighted by atomic mass is 16.5. The molecule has 2 rings (SSSR count). The molecule has 0 aromatic heterocycles. The Kier molecular flexibility index (Phi) is 6.62. The van der Waals surface area contributed by atoms with Crippen LogP contribution in [0.5, 0.6) is 0 Å². The third kappa shape index (κ3) is 5.05. The van der Waals surface area contributed by atoms with Gasteiger partial charge in [-0.2, -0.15) is 0 Å². The van der Waals surface area contributed by atoms with E-state index < -0.39 is 0 Å². The zero-order valence-corrected chi connectivity index (χ0v) is 12.9. The van der Waals surface area contributed by atoms with Crippen LogP contribution in [0.15, 0.2) is 0 Å². The van der Waals surface area contributed by atoms with Crippen molar-refractivity contribution in [1.82, 2.24) is 10.2 Å². The van der Waals surface area contributed by atoms with Crippen LogP contribution in [0.1, 0.15) is 58.3 Å². The third-order valence-electron chi connectivity index (χ3n) is 4.89. The molecular weight excluding hydrogens is 236 g/mol. The Hall–Kier alpha value is -0.120. The zero-order chi connectivity index (χ0) is 13.5. The number of rotatable bonds is 6. The minimum Gasteiger partial charge on any atom is -0.381 e. The molecule has 1 saturated carbocycles. The first-order valence-corrected chi connectivity index (χ1v) is 8.33. The van der Waals surface area contributed by atoms with Crippen molar-refractivity contribution in [2.24, 2.45) is 0 Å².